The number of carbonyl (C=O) groups is 2. The predicted octanol–water partition coefficient (Wildman–Crippen LogP) is 1.56. The average Bonchev–Trinajstić information content (AvgIpc) is 2.40. The van der Waals surface area contributed by atoms with Gasteiger partial charge in [0.1, 0.15) is 5.75 Å². The first kappa shape index (κ1) is 14.4. The summed E-state index contributed by atoms with van der Waals surface area (Å²) in [6.45, 7) is 3.12. The Morgan fingerprint density at radius 2 is 1.95 bits per heavy atom. The molecule has 108 valence electrons. The summed E-state index contributed by atoms with van der Waals surface area (Å²) in [5.41, 5.74) is 1.22. The van der Waals surface area contributed by atoms with Gasteiger partial charge >= 0.3 is 5.97 Å². The molecule has 0 aromatic heterocycles. The van der Waals surface area contributed by atoms with E-state index in [9.17, 15) is 9.59 Å². The van der Waals surface area contributed by atoms with Gasteiger partial charge in [0, 0.05) is 19.0 Å². The highest BCUT2D eigenvalue weighted by atomic mass is 16.5. The largest absolute Gasteiger partial charge is 0.484 e. The second kappa shape index (κ2) is 6.41. The maximum absolute atomic E-state index is 11.8. The number of carboxylic acids is 1. The molecule has 1 aromatic carbocycles. The standard InChI is InChI=1S/C15H19NO4/c1-2-11-3-5-13(6-4-11)20-10-14(17)16-8-12(9-16)7-15(18)19/h3-6,12H,2,7-10H2,1H3,(H,18,19). The molecule has 5 heteroatoms. The van der Waals surface area contributed by atoms with Crippen molar-refractivity contribution in [2.24, 2.45) is 5.92 Å². The number of ether oxygens (including phenoxy) is 1. The molecule has 0 atom stereocenters. The van der Waals surface area contributed by atoms with Gasteiger partial charge in [-0.25, -0.2) is 0 Å². The number of nitrogens with zero attached hydrogens (tertiary/aromatic N) is 1. The maximum atomic E-state index is 11.8. The summed E-state index contributed by atoms with van der Waals surface area (Å²) in [6, 6.07) is 7.67. The summed E-state index contributed by atoms with van der Waals surface area (Å²) in [7, 11) is 0. The van der Waals surface area contributed by atoms with Crippen molar-refractivity contribution in [3.8, 4) is 5.75 Å². The molecular weight excluding hydrogens is 258 g/mol. The highest BCUT2D eigenvalue weighted by Crippen LogP contribution is 2.19. The highest BCUT2D eigenvalue weighted by Gasteiger charge is 2.31. The fourth-order valence-corrected chi connectivity index (χ4v) is 2.21. The van der Waals surface area contributed by atoms with Crippen molar-refractivity contribution in [1.82, 2.24) is 4.90 Å². The summed E-state index contributed by atoms with van der Waals surface area (Å²) in [5, 5.41) is 8.64. The minimum absolute atomic E-state index is 0.00522. The quantitative estimate of drug-likeness (QED) is 0.857. The molecule has 0 aliphatic carbocycles. The Morgan fingerprint density at radius 3 is 2.50 bits per heavy atom. The van der Waals surface area contributed by atoms with Crippen molar-refractivity contribution in [2.45, 2.75) is 19.8 Å². The molecule has 0 bridgehead atoms. The predicted molar refractivity (Wildman–Crippen MR) is 73.6 cm³/mol. The zero-order valence-electron chi connectivity index (χ0n) is 11.5. The number of benzene rings is 1. The van der Waals surface area contributed by atoms with E-state index in [0.29, 0.717) is 18.8 Å². The Kier molecular flexibility index (Phi) is 4.61. The first-order chi connectivity index (χ1) is 9.58. The lowest BCUT2D eigenvalue weighted by Gasteiger charge is -2.38. The molecule has 0 radical (unpaired) electrons. The Morgan fingerprint density at radius 1 is 1.30 bits per heavy atom. The van der Waals surface area contributed by atoms with Crippen molar-refractivity contribution in [3.05, 3.63) is 29.8 Å². The second-order valence-electron chi connectivity index (χ2n) is 5.05. The van der Waals surface area contributed by atoms with Crippen LogP contribution in [0.1, 0.15) is 18.9 Å². The lowest BCUT2D eigenvalue weighted by molar-refractivity contribution is -0.146. The van der Waals surface area contributed by atoms with Crippen molar-refractivity contribution < 1.29 is 19.4 Å². The molecule has 20 heavy (non-hydrogen) atoms. The van der Waals surface area contributed by atoms with Crippen molar-refractivity contribution >= 4 is 11.9 Å². The topological polar surface area (TPSA) is 66.8 Å². The van der Waals surface area contributed by atoms with Gasteiger partial charge in [-0.2, -0.15) is 0 Å². The van der Waals surface area contributed by atoms with Crippen molar-refractivity contribution in [3.63, 3.8) is 0 Å². The molecule has 1 aliphatic heterocycles. The molecule has 1 aliphatic rings. The Hall–Kier alpha value is -2.04. The van der Waals surface area contributed by atoms with Crippen LogP contribution in [0.4, 0.5) is 0 Å². The molecule has 0 spiro atoms. The van der Waals surface area contributed by atoms with Crippen LogP contribution in [0.2, 0.25) is 0 Å². The first-order valence-corrected chi connectivity index (χ1v) is 6.79. The third-order valence-corrected chi connectivity index (χ3v) is 3.47. The normalized spacial score (nSPS) is 14.8. The number of rotatable bonds is 6. The first-order valence-electron chi connectivity index (χ1n) is 6.79. The molecule has 1 aromatic rings. The Labute approximate surface area is 118 Å². The van der Waals surface area contributed by atoms with Gasteiger partial charge in [-0.3, -0.25) is 9.59 Å². The molecule has 1 N–H and O–H groups in total. The number of hydrogen-bond acceptors (Lipinski definition) is 3. The van der Waals surface area contributed by atoms with E-state index >= 15 is 0 Å². The number of aliphatic carboxylic acids is 1. The van der Waals surface area contributed by atoms with E-state index in [0.717, 1.165) is 6.42 Å². The maximum Gasteiger partial charge on any atom is 0.303 e. The minimum atomic E-state index is -0.811. The lowest BCUT2D eigenvalue weighted by Crippen LogP contribution is -2.52. The van der Waals surface area contributed by atoms with Crippen LogP contribution < -0.4 is 4.74 Å². The summed E-state index contributed by atoms with van der Waals surface area (Å²) >= 11 is 0. The van der Waals surface area contributed by atoms with Gasteiger partial charge in [0.15, 0.2) is 6.61 Å². The summed E-state index contributed by atoms with van der Waals surface area (Å²) in [6.07, 6.45) is 1.10. The number of carbonyl (C=O) groups excluding carboxylic acids is 1. The molecule has 5 nitrogen and oxygen atoms in total. The average molecular weight is 277 g/mol. The fourth-order valence-electron chi connectivity index (χ4n) is 2.21. The minimum Gasteiger partial charge on any atom is -0.484 e. The van der Waals surface area contributed by atoms with E-state index < -0.39 is 5.97 Å². The van der Waals surface area contributed by atoms with Crippen LogP contribution in [0.25, 0.3) is 0 Å². The van der Waals surface area contributed by atoms with Gasteiger partial charge in [0.05, 0.1) is 6.42 Å². The molecule has 1 heterocycles. The molecule has 1 fully saturated rings. The van der Waals surface area contributed by atoms with E-state index in [1.165, 1.54) is 5.56 Å². The summed E-state index contributed by atoms with van der Waals surface area (Å²) < 4.78 is 5.43. The van der Waals surface area contributed by atoms with E-state index in [1.54, 1.807) is 4.90 Å². The molecule has 2 rings (SSSR count). The van der Waals surface area contributed by atoms with Crippen molar-refractivity contribution in [1.29, 1.82) is 0 Å². The van der Waals surface area contributed by atoms with Gasteiger partial charge in [-0.1, -0.05) is 19.1 Å². The SMILES string of the molecule is CCc1ccc(OCC(=O)N2CC(CC(=O)O)C2)cc1. The second-order valence-corrected chi connectivity index (χ2v) is 5.05. The number of carboxylic acid groups (broad SMARTS) is 1. The van der Waals surface area contributed by atoms with E-state index in [4.69, 9.17) is 9.84 Å². The smallest absolute Gasteiger partial charge is 0.303 e. The Balaban J connectivity index is 1.72. The number of aryl methyl sites for hydroxylation is 1. The molecule has 1 saturated heterocycles. The molecule has 0 saturated carbocycles. The van der Waals surface area contributed by atoms with Gasteiger partial charge in [0.25, 0.3) is 5.91 Å². The fraction of sp³-hybridized carbons (Fsp3) is 0.467. The number of likely N-dealkylation sites (tertiary alicyclic amines) is 1. The number of amides is 1. The Bertz CT molecular complexity index is 477. The van der Waals surface area contributed by atoms with Crippen LogP contribution in [0.5, 0.6) is 5.75 Å². The van der Waals surface area contributed by atoms with Crippen LogP contribution in [-0.2, 0) is 16.0 Å². The lowest BCUT2D eigenvalue weighted by atomic mass is 9.96. The van der Waals surface area contributed by atoms with Gasteiger partial charge < -0.3 is 14.7 Å². The third kappa shape index (κ3) is 3.73. The molecular formula is C15H19NO4. The van der Waals surface area contributed by atoms with E-state index in [1.807, 2.05) is 24.3 Å². The van der Waals surface area contributed by atoms with Gasteiger partial charge in [0.2, 0.25) is 0 Å². The van der Waals surface area contributed by atoms with Crippen molar-refractivity contribution in [2.75, 3.05) is 19.7 Å². The monoisotopic (exact) mass is 277 g/mol. The zero-order valence-corrected chi connectivity index (χ0v) is 11.5. The summed E-state index contributed by atoms with van der Waals surface area (Å²) in [4.78, 5) is 24.0. The summed E-state index contributed by atoms with van der Waals surface area (Å²) in [5.74, 6) is -0.140. The van der Waals surface area contributed by atoms with Gasteiger partial charge in [-0.05, 0) is 24.1 Å². The zero-order chi connectivity index (χ0) is 14.5. The van der Waals surface area contributed by atoms with Crippen LogP contribution >= 0.6 is 0 Å². The van der Waals surface area contributed by atoms with E-state index in [2.05, 4.69) is 6.92 Å². The third-order valence-electron chi connectivity index (χ3n) is 3.47. The van der Waals surface area contributed by atoms with E-state index in [-0.39, 0.29) is 24.9 Å². The van der Waals surface area contributed by atoms with Crippen LogP contribution in [0, 0.1) is 5.92 Å². The highest BCUT2D eigenvalue weighted by molar-refractivity contribution is 5.79. The van der Waals surface area contributed by atoms with Gasteiger partial charge in [-0.15, -0.1) is 0 Å². The van der Waals surface area contributed by atoms with Crippen LogP contribution in [0.3, 0.4) is 0 Å². The molecule has 0 unspecified atom stereocenters. The van der Waals surface area contributed by atoms with Crippen LogP contribution in [-0.4, -0.2) is 41.6 Å². The number of hydrogen-bond donors (Lipinski definition) is 1. The molecule has 1 amide bonds. The van der Waals surface area contributed by atoms with Crippen LogP contribution in [0.15, 0.2) is 24.3 Å².